The number of aromatic nitrogens is 1. The molecule has 140 valence electrons. The summed E-state index contributed by atoms with van der Waals surface area (Å²) in [5, 5.41) is 6.18. The third-order valence-electron chi connectivity index (χ3n) is 4.90. The van der Waals surface area contributed by atoms with Crippen LogP contribution in [0.1, 0.15) is 25.5 Å². The lowest BCUT2D eigenvalue weighted by molar-refractivity contribution is -0.126. The number of carbonyl (C=O) groups excluding carboxylic acids is 1. The van der Waals surface area contributed by atoms with Gasteiger partial charge >= 0.3 is 0 Å². The number of thiazole rings is 1. The van der Waals surface area contributed by atoms with Gasteiger partial charge in [-0.05, 0) is 19.9 Å². The Kier molecular flexibility index (Phi) is 6.11. The molecule has 3 rings (SSSR count). The molecule has 2 unspecified atom stereocenters. The Hall–Kier alpha value is -2.12. The predicted molar refractivity (Wildman–Crippen MR) is 105 cm³/mol. The van der Waals surface area contributed by atoms with E-state index in [9.17, 15) is 4.79 Å². The minimum Gasteiger partial charge on any atom is -0.496 e. The van der Waals surface area contributed by atoms with Gasteiger partial charge in [-0.1, -0.05) is 18.2 Å². The molecule has 2 heterocycles. The lowest BCUT2D eigenvalue weighted by Gasteiger charge is -2.37. The van der Waals surface area contributed by atoms with Gasteiger partial charge in [0.1, 0.15) is 5.75 Å². The number of ether oxygens (including phenoxy) is 1. The molecule has 0 aliphatic carbocycles. The van der Waals surface area contributed by atoms with Crippen LogP contribution in [0.5, 0.6) is 5.75 Å². The maximum Gasteiger partial charge on any atom is 0.237 e. The normalized spacial score (nSPS) is 17.6. The standard InChI is InChI=1S/C19H26N4O2S/c1-14(16-6-4-5-7-17(16)25-3)21-18(24)15(2)22-9-11-23(12-10-22)19-20-8-13-26-19/h4-8,13-15H,9-12H2,1-3H3,(H,21,24). The molecule has 0 bridgehead atoms. The van der Waals surface area contributed by atoms with Gasteiger partial charge in [-0.3, -0.25) is 9.69 Å². The Morgan fingerprint density at radius 2 is 1.96 bits per heavy atom. The summed E-state index contributed by atoms with van der Waals surface area (Å²) in [5.74, 6) is 0.844. The van der Waals surface area contributed by atoms with E-state index < -0.39 is 0 Å². The molecule has 1 aromatic heterocycles. The van der Waals surface area contributed by atoms with Gasteiger partial charge in [-0.2, -0.15) is 0 Å². The van der Waals surface area contributed by atoms with Crippen molar-refractivity contribution < 1.29 is 9.53 Å². The van der Waals surface area contributed by atoms with Crippen molar-refractivity contribution in [1.29, 1.82) is 0 Å². The molecule has 1 fully saturated rings. The molecule has 0 saturated carbocycles. The summed E-state index contributed by atoms with van der Waals surface area (Å²) in [6, 6.07) is 7.53. The first kappa shape index (κ1) is 18.7. The third kappa shape index (κ3) is 4.16. The Bertz CT molecular complexity index is 714. The number of benzene rings is 1. The molecule has 2 aromatic rings. The highest BCUT2D eigenvalue weighted by atomic mass is 32.1. The molecule has 1 aliphatic rings. The number of nitrogens with zero attached hydrogens (tertiary/aromatic N) is 3. The molecule has 26 heavy (non-hydrogen) atoms. The number of rotatable bonds is 6. The molecule has 0 spiro atoms. The predicted octanol–water partition coefficient (Wildman–Crippen LogP) is 2.54. The molecular formula is C19H26N4O2S. The van der Waals surface area contributed by atoms with E-state index in [-0.39, 0.29) is 18.0 Å². The first-order valence-electron chi connectivity index (χ1n) is 8.92. The van der Waals surface area contributed by atoms with Gasteiger partial charge in [0.2, 0.25) is 5.91 Å². The molecule has 1 saturated heterocycles. The molecule has 1 amide bonds. The van der Waals surface area contributed by atoms with E-state index in [1.165, 1.54) is 0 Å². The van der Waals surface area contributed by atoms with Crippen LogP contribution in [0, 0.1) is 0 Å². The van der Waals surface area contributed by atoms with Gasteiger partial charge in [0.15, 0.2) is 5.13 Å². The third-order valence-corrected chi connectivity index (χ3v) is 5.73. The second-order valence-electron chi connectivity index (χ2n) is 6.49. The second-order valence-corrected chi connectivity index (χ2v) is 7.36. The Morgan fingerprint density at radius 1 is 1.23 bits per heavy atom. The minimum atomic E-state index is -0.161. The zero-order chi connectivity index (χ0) is 18.5. The number of carbonyl (C=O) groups is 1. The van der Waals surface area contributed by atoms with Crippen LogP contribution >= 0.6 is 11.3 Å². The Balaban J connectivity index is 1.55. The molecular weight excluding hydrogens is 348 g/mol. The van der Waals surface area contributed by atoms with Crippen molar-refractivity contribution in [3.05, 3.63) is 41.4 Å². The SMILES string of the molecule is COc1ccccc1C(C)NC(=O)C(C)N1CCN(c2nccs2)CC1. The van der Waals surface area contributed by atoms with Crippen molar-refractivity contribution in [1.82, 2.24) is 15.2 Å². The summed E-state index contributed by atoms with van der Waals surface area (Å²) in [5.41, 5.74) is 0.990. The monoisotopic (exact) mass is 374 g/mol. The molecule has 2 atom stereocenters. The highest BCUT2D eigenvalue weighted by molar-refractivity contribution is 7.13. The van der Waals surface area contributed by atoms with Crippen molar-refractivity contribution in [2.45, 2.75) is 25.9 Å². The smallest absolute Gasteiger partial charge is 0.237 e. The summed E-state index contributed by atoms with van der Waals surface area (Å²) in [6.07, 6.45) is 1.84. The number of para-hydroxylation sites is 1. The largest absolute Gasteiger partial charge is 0.496 e. The number of hydrogen-bond acceptors (Lipinski definition) is 6. The zero-order valence-corrected chi connectivity index (χ0v) is 16.3. The molecule has 1 N–H and O–H groups in total. The fraction of sp³-hybridized carbons (Fsp3) is 0.474. The van der Waals surface area contributed by atoms with E-state index in [1.807, 2.05) is 49.7 Å². The van der Waals surface area contributed by atoms with E-state index in [1.54, 1.807) is 18.4 Å². The quantitative estimate of drug-likeness (QED) is 0.842. The van der Waals surface area contributed by atoms with Gasteiger partial charge in [-0.25, -0.2) is 4.98 Å². The number of piperazine rings is 1. The van der Waals surface area contributed by atoms with Crippen molar-refractivity contribution in [3.63, 3.8) is 0 Å². The van der Waals surface area contributed by atoms with Crippen LogP contribution in [0.4, 0.5) is 5.13 Å². The van der Waals surface area contributed by atoms with E-state index >= 15 is 0 Å². The number of anilines is 1. The van der Waals surface area contributed by atoms with Crippen LogP contribution in [0.15, 0.2) is 35.8 Å². The van der Waals surface area contributed by atoms with E-state index in [2.05, 4.69) is 20.1 Å². The van der Waals surface area contributed by atoms with Crippen LogP contribution in [-0.2, 0) is 4.79 Å². The van der Waals surface area contributed by atoms with Gasteiger partial charge in [0, 0.05) is 43.3 Å². The second kappa shape index (κ2) is 8.51. The summed E-state index contributed by atoms with van der Waals surface area (Å²) < 4.78 is 5.40. The van der Waals surface area contributed by atoms with E-state index in [0.717, 1.165) is 42.6 Å². The summed E-state index contributed by atoms with van der Waals surface area (Å²) in [4.78, 5) is 21.6. The van der Waals surface area contributed by atoms with Gasteiger partial charge in [-0.15, -0.1) is 11.3 Å². The number of hydrogen-bond donors (Lipinski definition) is 1. The fourth-order valence-corrected chi connectivity index (χ4v) is 3.97. The summed E-state index contributed by atoms with van der Waals surface area (Å²) >= 11 is 1.66. The minimum absolute atomic E-state index is 0.0473. The maximum atomic E-state index is 12.7. The van der Waals surface area contributed by atoms with E-state index in [4.69, 9.17) is 4.74 Å². The van der Waals surface area contributed by atoms with Gasteiger partial charge < -0.3 is 15.0 Å². The lowest BCUT2D eigenvalue weighted by atomic mass is 10.1. The molecule has 7 heteroatoms. The van der Waals surface area contributed by atoms with Crippen LogP contribution in [0.3, 0.4) is 0 Å². The molecule has 1 aliphatic heterocycles. The van der Waals surface area contributed by atoms with Crippen LogP contribution in [-0.4, -0.2) is 55.1 Å². The van der Waals surface area contributed by atoms with Crippen LogP contribution in [0.25, 0.3) is 0 Å². The fourth-order valence-electron chi connectivity index (χ4n) is 3.27. The number of amides is 1. The Morgan fingerprint density at radius 3 is 2.62 bits per heavy atom. The first-order chi connectivity index (χ1) is 12.6. The summed E-state index contributed by atoms with van der Waals surface area (Å²) in [6.45, 7) is 7.47. The number of methoxy groups -OCH3 is 1. The topological polar surface area (TPSA) is 57.7 Å². The zero-order valence-electron chi connectivity index (χ0n) is 15.5. The van der Waals surface area contributed by atoms with Gasteiger partial charge in [0.25, 0.3) is 0 Å². The lowest BCUT2D eigenvalue weighted by Crippen LogP contribution is -2.54. The maximum absolute atomic E-state index is 12.7. The van der Waals surface area contributed by atoms with Crippen molar-refractivity contribution in [2.24, 2.45) is 0 Å². The highest BCUT2D eigenvalue weighted by Gasteiger charge is 2.27. The summed E-state index contributed by atoms with van der Waals surface area (Å²) in [7, 11) is 1.65. The van der Waals surface area contributed by atoms with Crippen LogP contribution < -0.4 is 15.0 Å². The average molecular weight is 375 g/mol. The van der Waals surface area contributed by atoms with Gasteiger partial charge in [0.05, 0.1) is 19.2 Å². The average Bonchev–Trinajstić information content (AvgIpc) is 3.22. The Labute approximate surface area is 158 Å². The van der Waals surface area contributed by atoms with Crippen LogP contribution in [0.2, 0.25) is 0 Å². The highest BCUT2D eigenvalue weighted by Crippen LogP contribution is 2.25. The molecule has 1 aromatic carbocycles. The van der Waals surface area contributed by atoms with Crippen molar-refractivity contribution in [3.8, 4) is 5.75 Å². The molecule has 0 radical (unpaired) electrons. The number of nitrogens with one attached hydrogen (secondary N) is 1. The van der Waals surface area contributed by atoms with Crippen molar-refractivity contribution in [2.75, 3.05) is 38.2 Å². The van der Waals surface area contributed by atoms with Crippen molar-refractivity contribution >= 4 is 22.4 Å². The molecule has 6 nitrogen and oxygen atoms in total. The first-order valence-corrected chi connectivity index (χ1v) is 9.80. The van der Waals surface area contributed by atoms with E-state index in [0.29, 0.717) is 0 Å².